The van der Waals surface area contributed by atoms with Gasteiger partial charge in [0.1, 0.15) is 5.69 Å². The van der Waals surface area contributed by atoms with Crippen LogP contribution in [0, 0.1) is 6.92 Å². The van der Waals surface area contributed by atoms with Crippen molar-refractivity contribution in [3.63, 3.8) is 0 Å². The number of aromatic nitrogens is 1. The first-order chi connectivity index (χ1) is 12.1. The Labute approximate surface area is 154 Å². The average Bonchev–Trinajstić information content (AvgIpc) is 3.03. The van der Waals surface area contributed by atoms with Crippen LogP contribution in [0.5, 0.6) is 0 Å². The summed E-state index contributed by atoms with van der Waals surface area (Å²) in [6.45, 7) is 2.05. The number of para-hydroxylation sites is 1. The van der Waals surface area contributed by atoms with E-state index in [1.54, 1.807) is 0 Å². The Morgan fingerprint density at radius 3 is 2.80 bits per heavy atom. The smallest absolute Gasteiger partial charge is 0.181 e. The van der Waals surface area contributed by atoms with Crippen LogP contribution in [-0.4, -0.2) is 28.6 Å². The van der Waals surface area contributed by atoms with Crippen molar-refractivity contribution in [1.29, 1.82) is 0 Å². The molecule has 0 bridgehead atoms. The molecule has 1 aromatic carbocycles. The molecule has 0 N–H and O–H groups in total. The summed E-state index contributed by atoms with van der Waals surface area (Å²) < 4.78 is 0. The van der Waals surface area contributed by atoms with Crippen molar-refractivity contribution in [3.8, 4) is 0 Å². The number of nitrogens with zero attached hydrogens (tertiary/aromatic N) is 2. The summed E-state index contributed by atoms with van der Waals surface area (Å²) >= 11 is 1.94. The third kappa shape index (κ3) is 4.85. The van der Waals surface area contributed by atoms with Gasteiger partial charge in [-0.05, 0) is 43.9 Å². The van der Waals surface area contributed by atoms with E-state index in [4.69, 9.17) is 0 Å². The topological polar surface area (TPSA) is 33.2 Å². The Bertz CT molecular complexity index is 785. The summed E-state index contributed by atoms with van der Waals surface area (Å²) in [5.74, 6) is 1.26. The highest BCUT2D eigenvalue weighted by Crippen LogP contribution is 2.28. The lowest BCUT2D eigenvalue weighted by Crippen LogP contribution is -2.03. The van der Waals surface area contributed by atoms with Crippen molar-refractivity contribution in [2.24, 2.45) is 0 Å². The molecule has 3 rings (SSSR count). The van der Waals surface area contributed by atoms with Crippen LogP contribution in [0.3, 0.4) is 0 Å². The van der Waals surface area contributed by atoms with Gasteiger partial charge in [0.25, 0.3) is 0 Å². The quantitative estimate of drug-likeness (QED) is 0.460. The van der Waals surface area contributed by atoms with Crippen molar-refractivity contribution in [1.82, 2.24) is 9.88 Å². The molecule has 2 heterocycles. The number of Topliss-reactive ketones (excluding diaryl/α,β-unsaturated/α-hetero) is 1. The van der Waals surface area contributed by atoms with Gasteiger partial charge >= 0.3 is 0 Å². The number of benzene rings is 1. The fourth-order valence-electron chi connectivity index (χ4n) is 3.20. The fourth-order valence-corrected chi connectivity index (χ4v) is 4.19. The molecule has 1 aromatic heterocycles. The molecule has 4 heteroatoms. The molecule has 0 radical (unpaired) electrons. The predicted molar refractivity (Wildman–Crippen MR) is 107 cm³/mol. The molecule has 0 aliphatic carbocycles. The number of fused-ring (bicyclic) bond motifs is 1. The van der Waals surface area contributed by atoms with E-state index in [-0.39, 0.29) is 5.78 Å². The molecule has 0 fully saturated rings. The maximum atomic E-state index is 12.4. The second-order valence-corrected chi connectivity index (χ2v) is 7.88. The number of hydrogen-bond acceptors (Lipinski definition) is 4. The molecular formula is C21H26N2OS. The van der Waals surface area contributed by atoms with E-state index in [0.29, 0.717) is 12.1 Å². The second-order valence-electron chi connectivity index (χ2n) is 6.80. The number of hydrogen-bond donors (Lipinski definition) is 0. The molecule has 25 heavy (non-hydrogen) atoms. The molecule has 0 atom stereocenters. The highest BCUT2D eigenvalue weighted by molar-refractivity contribution is 8.03. The normalized spacial score (nSPS) is 14.2. The maximum Gasteiger partial charge on any atom is 0.181 e. The number of carbonyl (C=O) groups is 1. The van der Waals surface area contributed by atoms with Crippen molar-refractivity contribution in [2.45, 2.75) is 45.4 Å². The van der Waals surface area contributed by atoms with Crippen LogP contribution < -0.4 is 0 Å². The SMILES string of the molecule is Cc1cc(C(=O)CCCCCCC2=CN(C)CS2)nc2ccccc12. The summed E-state index contributed by atoms with van der Waals surface area (Å²) in [5, 5.41) is 1.13. The number of rotatable bonds is 8. The Hall–Kier alpha value is -1.81. The number of pyridine rings is 1. The first kappa shape index (κ1) is 18.0. The minimum Gasteiger partial charge on any atom is -0.370 e. The highest BCUT2D eigenvalue weighted by Gasteiger charge is 2.11. The Kier molecular flexibility index (Phi) is 6.14. The summed E-state index contributed by atoms with van der Waals surface area (Å²) in [4.78, 5) is 20.7. The van der Waals surface area contributed by atoms with E-state index in [9.17, 15) is 4.79 Å². The Morgan fingerprint density at radius 1 is 1.20 bits per heavy atom. The van der Waals surface area contributed by atoms with Crippen LogP contribution in [0.25, 0.3) is 10.9 Å². The minimum atomic E-state index is 0.171. The van der Waals surface area contributed by atoms with E-state index in [0.717, 1.165) is 35.2 Å². The molecule has 2 aromatic rings. The van der Waals surface area contributed by atoms with Crippen molar-refractivity contribution in [3.05, 3.63) is 52.7 Å². The van der Waals surface area contributed by atoms with Gasteiger partial charge in [-0.15, -0.1) is 11.8 Å². The molecule has 0 unspecified atom stereocenters. The van der Waals surface area contributed by atoms with Gasteiger partial charge in [0.05, 0.1) is 11.4 Å². The summed E-state index contributed by atoms with van der Waals surface area (Å²) in [6.07, 6.45) is 8.51. The van der Waals surface area contributed by atoms with Gasteiger partial charge in [0, 0.05) is 30.0 Å². The predicted octanol–water partition coefficient (Wildman–Crippen LogP) is 5.54. The first-order valence-electron chi connectivity index (χ1n) is 9.07. The van der Waals surface area contributed by atoms with Gasteiger partial charge in [-0.1, -0.05) is 31.0 Å². The number of carbonyl (C=O) groups excluding carboxylic acids is 1. The van der Waals surface area contributed by atoms with Crippen LogP contribution in [0.1, 0.15) is 54.6 Å². The van der Waals surface area contributed by atoms with Crippen molar-refractivity contribution in [2.75, 3.05) is 12.9 Å². The maximum absolute atomic E-state index is 12.4. The molecule has 0 amide bonds. The van der Waals surface area contributed by atoms with E-state index in [1.807, 2.05) is 43.0 Å². The minimum absolute atomic E-state index is 0.171. The van der Waals surface area contributed by atoms with Crippen LogP contribution in [0.2, 0.25) is 0 Å². The Balaban J connectivity index is 1.43. The van der Waals surface area contributed by atoms with Crippen LogP contribution >= 0.6 is 11.8 Å². The van der Waals surface area contributed by atoms with Gasteiger partial charge in [-0.25, -0.2) is 4.98 Å². The van der Waals surface area contributed by atoms with Gasteiger partial charge in [0.15, 0.2) is 5.78 Å². The van der Waals surface area contributed by atoms with Gasteiger partial charge in [-0.2, -0.15) is 0 Å². The van der Waals surface area contributed by atoms with Gasteiger partial charge < -0.3 is 4.90 Å². The molecule has 1 aliphatic heterocycles. The Morgan fingerprint density at radius 2 is 2.00 bits per heavy atom. The molecule has 1 aliphatic rings. The van der Waals surface area contributed by atoms with E-state index >= 15 is 0 Å². The monoisotopic (exact) mass is 354 g/mol. The number of aryl methyl sites for hydroxylation is 1. The molecular weight excluding hydrogens is 328 g/mol. The third-order valence-corrected chi connectivity index (χ3v) is 5.82. The summed E-state index contributed by atoms with van der Waals surface area (Å²) in [5.41, 5.74) is 2.66. The second kappa shape index (κ2) is 8.52. The van der Waals surface area contributed by atoms with Gasteiger partial charge in [0.2, 0.25) is 0 Å². The van der Waals surface area contributed by atoms with Crippen LogP contribution in [-0.2, 0) is 0 Å². The largest absolute Gasteiger partial charge is 0.370 e. The van der Waals surface area contributed by atoms with E-state index in [1.165, 1.54) is 24.2 Å². The zero-order chi connectivity index (χ0) is 17.6. The lowest BCUT2D eigenvalue weighted by Gasteiger charge is -2.06. The highest BCUT2D eigenvalue weighted by atomic mass is 32.2. The molecule has 0 spiro atoms. The number of thioether (sulfide) groups is 1. The standard InChI is InChI=1S/C21H26N2OS/c1-16-13-20(22-19-11-8-7-10-18(16)19)21(24)12-6-4-3-5-9-17-14-23(2)15-25-17/h7-8,10-11,13-14H,3-6,9,12,15H2,1-2H3. The third-order valence-electron chi connectivity index (χ3n) is 4.60. The van der Waals surface area contributed by atoms with Crippen LogP contribution in [0.15, 0.2) is 41.4 Å². The summed E-state index contributed by atoms with van der Waals surface area (Å²) in [6, 6.07) is 9.95. The average molecular weight is 355 g/mol. The molecule has 0 saturated heterocycles. The molecule has 132 valence electrons. The van der Waals surface area contributed by atoms with Crippen molar-refractivity contribution < 1.29 is 4.79 Å². The summed E-state index contributed by atoms with van der Waals surface area (Å²) in [7, 11) is 2.12. The number of ketones is 1. The van der Waals surface area contributed by atoms with E-state index < -0.39 is 0 Å². The van der Waals surface area contributed by atoms with Crippen LogP contribution in [0.4, 0.5) is 0 Å². The van der Waals surface area contributed by atoms with Gasteiger partial charge in [-0.3, -0.25) is 4.79 Å². The lowest BCUT2D eigenvalue weighted by atomic mass is 10.0. The molecule has 3 nitrogen and oxygen atoms in total. The molecule has 0 saturated carbocycles. The van der Waals surface area contributed by atoms with E-state index in [2.05, 4.69) is 29.2 Å². The zero-order valence-electron chi connectivity index (χ0n) is 15.1. The van der Waals surface area contributed by atoms with Crippen molar-refractivity contribution >= 4 is 28.4 Å². The first-order valence-corrected chi connectivity index (χ1v) is 10.1. The fraction of sp³-hybridized carbons (Fsp3) is 0.429. The number of unbranched alkanes of at least 4 members (excludes halogenated alkanes) is 3. The number of allylic oxidation sites excluding steroid dienone is 1. The lowest BCUT2D eigenvalue weighted by molar-refractivity contribution is 0.0974. The zero-order valence-corrected chi connectivity index (χ0v) is 15.9.